The molecule has 2 heterocycles. The van der Waals surface area contributed by atoms with Gasteiger partial charge in [-0.1, -0.05) is 24.3 Å². The van der Waals surface area contributed by atoms with Gasteiger partial charge in [0, 0.05) is 36.1 Å². The molecule has 3 rings (SSSR count). The van der Waals surface area contributed by atoms with Crippen LogP contribution in [0.5, 0.6) is 0 Å². The van der Waals surface area contributed by atoms with Crippen LogP contribution in [0.15, 0.2) is 40.8 Å². The number of carbonyl (C=O) groups excluding carboxylic acids is 3. The van der Waals surface area contributed by atoms with Gasteiger partial charge in [-0.15, -0.1) is 11.3 Å². The van der Waals surface area contributed by atoms with E-state index in [0.29, 0.717) is 42.9 Å². The van der Waals surface area contributed by atoms with Crippen molar-refractivity contribution in [2.75, 3.05) is 19.6 Å². The molecule has 1 aliphatic heterocycles. The maximum absolute atomic E-state index is 13.1. The van der Waals surface area contributed by atoms with Crippen molar-refractivity contribution >= 4 is 40.7 Å². The number of nitrogen functional groups attached to an aromatic ring is 1. The number of amides is 2. The average molecular weight is 527 g/mol. The molecule has 0 spiro atoms. The maximum Gasteiger partial charge on any atom is 0.240 e. The van der Waals surface area contributed by atoms with Crippen molar-refractivity contribution in [3.63, 3.8) is 0 Å². The maximum atomic E-state index is 13.1. The summed E-state index contributed by atoms with van der Waals surface area (Å²) in [5.41, 5.74) is 18.0. The molecule has 11 nitrogen and oxygen atoms in total. The summed E-state index contributed by atoms with van der Waals surface area (Å²) >= 11 is 1.21. The minimum atomic E-state index is -0.776. The van der Waals surface area contributed by atoms with Crippen molar-refractivity contribution in [2.45, 2.75) is 44.6 Å². The molecule has 0 bridgehead atoms. The van der Waals surface area contributed by atoms with Crippen molar-refractivity contribution in [3.8, 4) is 0 Å². The SMILES string of the molecule is N=C(N)c1ccc(CCC2CCCN(CC(=O)N[C@@H](CCCN=C(N)N)C(=O)c3nccs3)C2=O)cc1. The number of nitrogens with two attached hydrogens (primary N) is 3. The van der Waals surface area contributed by atoms with Gasteiger partial charge in [0.15, 0.2) is 11.0 Å². The number of carbonyl (C=O) groups is 3. The number of Topliss-reactive ketones (excluding diaryl/α,β-unsaturated/α-hetero) is 1. The molecule has 0 radical (unpaired) electrons. The Bertz CT molecular complexity index is 1110. The van der Waals surface area contributed by atoms with Gasteiger partial charge in [0.25, 0.3) is 0 Å². The van der Waals surface area contributed by atoms with Crippen LogP contribution >= 0.6 is 11.3 Å². The highest BCUT2D eigenvalue weighted by molar-refractivity contribution is 7.11. The summed E-state index contributed by atoms with van der Waals surface area (Å²) in [5.74, 6) is -0.874. The minimum Gasteiger partial charge on any atom is -0.384 e. The first-order valence-corrected chi connectivity index (χ1v) is 13.1. The van der Waals surface area contributed by atoms with E-state index in [0.717, 1.165) is 24.8 Å². The van der Waals surface area contributed by atoms with Gasteiger partial charge in [0.1, 0.15) is 5.84 Å². The predicted molar refractivity (Wildman–Crippen MR) is 143 cm³/mol. The first-order valence-electron chi connectivity index (χ1n) is 12.2. The lowest BCUT2D eigenvalue weighted by Crippen LogP contribution is -2.49. The normalized spacial score (nSPS) is 16.2. The standard InChI is InChI=1S/C25H34N8O3S/c26-22(27)17-8-5-16(6-9-17)7-10-18-3-2-13-33(24(18)36)15-20(34)32-19(4-1-11-31-25(28)29)21(35)23-30-12-14-37-23/h5-6,8-9,12,14,18-19H,1-4,7,10-11,13,15H2,(H3,26,27)(H,32,34)(H4,28,29,31)/t18?,19-/m0/s1. The van der Waals surface area contributed by atoms with E-state index in [2.05, 4.69) is 15.3 Å². The lowest BCUT2D eigenvalue weighted by molar-refractivity contribution is -0.142. The predicted octanol–water partition coefficient (Wildman–Crippen LogP) is 1.02. The second kappa shape index (κ2) is 13.5. The number of aryl methyl sites for hydroxylation is 1. The Labute approximate surface area is 220 Å². The number of ketones is 1. The Morgan fingerprint density at radius 3 is 2.65 bits per heavy atom. The number of rotatable bonds is 13. The summed E-state index contributed by atoms with van der Waals surface area (Å²) in [6.45, 7) is 0.744. The first-order chi connectivity index (χ1) is 17.7. The van der Waals surface area contributed by atoms with Crippen LogP contribution in [0.3, 0.4) is 0 Å². The highest BCUT2D eigenvalue weighted by atomic mass is 32.1. The molecule has 0 saturated carbocycles. The van der Waals surface area contributed by atoms with Crippen LogP contribution in [0.25, 0.3) is 0 Å². The van der Waals surface area contributed by atoms with Gasteiger partial charge in [-0.25, -0.2) is 4.98 Å². The summed E-state index contributed by atoms with van der Waals surface area (Å²) in [6, 6.07) is 6.67. The van der Waals surface area contributed by atoms with E-state index >= 15 is 0 Å². The molecule has 12 heteroatoms. The van der Waals surface area contributed by atoms with Crippen molar-refractivity contribution in [1.29, 1.82) is 5.41 Å². The molecule has 1 unspecified atom stereocenters. The van der Waals surface area contributed by atoms with Crippen LogP contribution in [0.2, 0.25) is 0 Å². The molecule has 2 atom stereocenters. The Hall–Kier alpha value is -3.80. The number of guanidine groups is 1. The summed E-state index contributed by atoms with van der Waals surface area (Å²) < 4.78 is 0. The Morgan fingerprint density at radius 1 is 1.24 bits per heavy atom. The average Bonchev–Trinajstić information content (AvgIpc) is 3.41. The molecule has 37 heavy (non-hydrogen) atoms. The largest absolute Gasteiger partial charge is 0.384 e. The zero-order chi connectivity index (χ0) is 26.8. The monoisotopic (exact) mass is 526 g/mol. The molecule has 1 aromatic carbocycles. The fourth-order valence-corrected chi connectivity index (χ4v) is 4.95. The molecule has 198 valence electrons. The molecule has 1 aromatic heterocycles. The van der Waals surface area contributed by atoms with Crippen LogP contribution in [0.4, 0.5) is 0 Å². The quantitative estimate of drug-likeness (QED) is 0.111. The molecular formula is C25H34N8O3S. The Morgan fingerprint density at radius 2 is 2.00 bits per heavy atom. The lowest BCUT2D eigenvalue weighted by atomic mass is 9.90. The topological polar surface area (TPSA) is 194 Å². The van der Waals surface area contributed by atoms with Gasteiger partial charge in [0.05, 0.1) is 12.6 Å². The van der Waals surface area contributed by atoms with E-state index < -0.39 is 6.04 Å². The number of aromatic nitrogens is 1. The molecule has 2 amide bonds. The summed E-state index contributed by atoms with van der Waals surface area (Å²) in [4.78, 5) is 48.5. The van der Waals surface area contributed by atoms with Crippen molar-refractivity contribution in [1.82, 2.24) is 15.2 Å². The van der Waals surface area contributed by atoms with Crippen LogP contribution < -0.4 is 22.5 Å². The Balaban J connectivity index is 1.55. The lowest BCUT2D eigenvalue weighted by Gasteiger charge is -2.32. The third kappa shape index (κ3) is 8.38. The third-order valence-electron chi connectivity index (χ3n) is 6.26. The van der Waals surface area contributed by atoms with Gasteiger partial charge in [-0.3, -0.25) is 24.8 Å². The van der Waals surface area contributed by atoms with E-state index in [1.54, 1.807) is 28.6 Å². The number of hydrogen-bond acceptors (Lipinski definition) is 7. The van der Waals surface area contributed by atoms with E-state index in [4.69, 9.17) is 22.6 Å². The summed E-state index contributed by atoms with van der Waals surface area (Å²) in [5, 5.41) is 12.3. The molecule has 8 N–H and O–H groups in total. The van der Waals surface area contributed by atoms with Crippen molar-refractivity contribution in [3.05, 3.63) is 52.0 Å². The molecule has 1 saturated heterocycles. The number of amidine groups is 1. The van der Waals surface area contributed by atoms with E-state index in [1.807, 2.05) is 12.1 Å². The number of piperidine rings is 1. The molecule has 0 aliphatic carbocycles. The highest BCUT2D eigenvalue weighted by Crippen LogP contribution is 2.23. The van der Waals surface area contributed by atoms with Crippen molar-refractivity contribution < 1.29 is 14.4 Å². The number of likely N-dealkylation sites (tertiary alicyclic amines) is 1. The van der Waals surface area contributed by atoms with Gasteiger partial charge in [0.2, 0.25) is 17.6 Å². The van der Waals surface area contributed by atoms with Crippen LogP contribution in [-0.4, -0.2) is 65.0 Å². The number of nitrogens with one attached hydrogen (secondary N) is 2. The molecule has 2 aromatic rings. The second-order valence-electron chi connectivity index (χ2n) is 9.02. The first kappa shape index (κ1) is 27.8. The number of nitrogens with zero attached hydrogens (tertiary/aromatic N) is 3. The number of aliphatic imine (C=N–C) groups is 1. The number of thiazole rings is 1. The molecule has 1 aliphatic rings. The highest BCUT2D eigenvalue weighted by Gasteiger charge is 2.31. The van der Waals surface area contributed by atoms with Crippen molar-refractivity contribution in [2.24, 2.45) is 28.1 Å². The molecular weight excluding hydrogens is 492 g/mol. The number of hydrogen-bond donors (Lipinski definition) is 5. The number of benzene rings is 1. The van der Waals surface area contributed by atoms with E-state index in [9.17, 15) is 14.4 Å². The van der Waals surface area contributed by atoms with E-state index in [1.165, 1.54) is 11.3 Å². The Kier molecular flexibility index (Phi) is 10.1. The van der Waals surface area contributed by atoms with Crippen LogP contribution in [0.1, 0.15) is 53.0 Å². The third-order valence-corrected chi connectivity index (χ3v) is 7.05. The zero-order valence-corrected chi connectivity index (χ0v) is 21.5. The smallest absolute Gasteiger partial charge is 0.240 e. The minimum absolute atomic E-state index is 0.0206. The molecule has 1 fully saturated rings. The van der Waals surface area contributed by atoms with Gasteiger partial charge < -0.3 is 27.4 Å². The summed E-state index contributed by atoms with van der Waals surface area (Å²) in [6.07, 6.45) is 5.37. The fourth-order valence-electron chi connectivity index (χ4n) is 4.32. The van der Waals surface area contributed by atoms with Crippen LogP contribution in [-0.2, 0) is 16.0 Å². The summed E-state index contributed by atoms with van der Waals surface area (Å²) in [7, 11) is 0. The van der Waals surface area contributed by atoms with Crippen LogP contribution in [0, 0.1) is 11.3 Å². The fraction of sp³-hybridized carbons (Fsp3) is 0.440. The van der Waals surface area contributed by atoms with Gasteiger partial charge >= 0.3 is 0 Å². The van der Waals surface area contributed by atoms with Gasteiger partial charge in [-0.2, -0.15) is 0 Å². The zero-order valence-electron chi connectivity index (χ0n) is 20.7. The van der Waals surface area contributed by atoms with E-state index in [-0.39, 0.29) is 41.9 Å². The second-order valence-corrected chi connectivity index (χ2v) is 9.91. The van der Waals surface area contributed by atoms with Gasteiger partial charge in [-0.05, 0) is 44.1 Å².